The molecule has 0 bridgehead atoms. The summed E-state index contributed by atoms with van der Waals surface area (Å²) < 4.78 is 2.16. The van der Waals surface area contributed by atoms with Gasteiger partial charge in [-0.2, -0.15) is 4.68 Å². The Morgan fingerprint density at radius 2 is 1.14 bits per heavy atom. The van der Waals surface area contributed by atoms with Gasteiger partial charge < -0.3 is 9.90 Å². The lowest BCUT2D eigenvalue weighted by Crippen LogP contribution is -2.38. The normalized spacial score (nSPS) is 11.2. The predicted octanol–water partition coefficient (Wildman–Crippen LogP) is 4.70. The van der Waals surface area contributed by atoms with Crippen LogP contribution in [0.5, 0.6) is 0 Å². The maximum absolute atomic E-state index is 10.3. The minimum Gasteiger partial charge on any atom is -0.550 e. The summed E-state index contributed by atoms with van der Waals surface area (Å²) in [4.78, 5) is 10.3. The van der Waals surface area contributed by atoms with Crippen LogP contribution in [0.25, 0.3) is 0 Å². The first kappa shape index (κ1) is 24.6. The Morgan fingerprint density at radius 3 is 1.50 bits per heavy atom. The number of carbonyl (C=O) groups excluding carboxylic acids is 1. The molecule has 0 aromatic carbocycles. The van der Waals surface area contributed by atoms with Crippen LogP contribution in [0.4, 0.5) is 0 Å². The number of carboxylic acids is 1. The van der Waals surface area contributed by atoms with E-state index in [9.17, 15) is 9.90 Å². The topological polar surface area (TPSA) is 72.7 Å². The molecule has 28 heavy (non-hydrogen) atoms. The maximum atomic E-state index is 10.3. The van der Waals surface area contributed by atoms with Crippen LogP contribution in [0.2, 0.25) is 0 Å². The number of unbranched alkanes of at least 4 members (excludes halogenated alkanes) is 15. The predicted molar refractivity (Wildman–Crippen MR) is 112 cm³/mol. The van der Waals surface area contributed by atoms with Crippen molar-refractivity contribution in [3.8, 4) is 0 Å². The van der Waals surface area contributed by atoms with E-state index in [4.69, 9.17) is 0 Å². The summed E-state index contributed by atoms with van der Waals surface area (Å²) in [6.45, 7) is 5.24. The molecule has 1 aromatic rings. The molecule has 0 saturated heterocycles. The number of rotatable bonds is 19. The molecule has 0 amide bonds. The Hall–Kier alpha value is -1.39. The van der Waals surface area contributed by atoms with E-state index in [2.05, 4.69) is 21.9 Å². The summed E-state index contributed by atoms with van der Waals surface area (Å²) in [5.41, 5.74) is 2.36. The Balaban J connectivity index is 1.73. The molecule has 0 aliphatic carbocycles. The Labute approximate surface area is 172 Å². The Morgan fingerprint density at radius 1 is 0.750 bits per heavy atom. The highest BCUT2D eigenvalue weighted by molar-refractivity contribution is 5.63. The maximum Gasteiger partial charge on any atom is 0.218 e. The van der Waals surface area contributed by atoms with Gasteiger partial charge in [0, 0.05) is 24.9 Å². The van der Waals surface area contributed by atoms with Gasteiger partial charge in [-0.15, -0.1) is 0 Å². The number of carbonyl (C=O) groups is 1. The van der Waals surface area contributed by atoms with Crippen molar-refractivity contribution in [2.45, 2.75) is 130 Å². The number of aliphatic carboxylic acids is 1. The van der Waals surface area contributed by atoms with Gasteiger partial charge in [-0.3, -0.25) is 0 Å². The lowest BCUT2D eigenvalue weighted by Gasteiger charge is -2.04. The van der Waals surface area contributed by atoms with E-state index in [1.54, 1.807) is 0 Å². The first-order valence-electron chi connectivity index (χ1n) is 11.7. The Kier molecular flexibility index (Phi) is 14.6. The van der Waals surface area contributed by atoms with Crippen LogP contribution in [0.1, 0.15) is 121 Å². The molecule has 1 rings (SSSR count). The van der Waals surface area contributed by atoms with Gasteiger partial charge in [0.05, 0.1) is 0 Å². The average molecular weight is 394 g/mol. The van der Waals surface area contributed by atoms with Crippen molar-refractivity contribution in [3.63, 3.8) is 0 Å². The molecular formula is C23H43N3O2. The molecule has 0 radical (unpaired) electrons. The van der Waals surface area contributed by atoms with E-state index in [-0.39, 0.29) is 6.42 Å². The fourth-order valence-electron chi connectivity index (χ4n) is 3.72. The van der Waals surface area contributed by atoms with E-state index in [0.29, 0.717) is 0 Å². The zero-order valence-electron chi connectivity index (χ0n) is 18.4. The van der Waals surface area contributed by atoms with E-state index in [0.717, 1.165) is 25.1 Å². The number of nitrogens with one attached hydrogen (secondary N) is 1. The van der Waals surface area contributed by atoms with Gasteiger partial charge in [0.2, 0.25) is 5.69 Å². The Bertz CT molecular complexity index is 514. The molecule has 0 aliphatic heterocycles. The van der Waals surface area contributed by atoms with Crippen molar-refractivity contribution in [1.82, 2.24) is 10.3 Å². The molecule has 0 spiro atoms. The number of carboxylic acid groups (broad SMARTS) is 1. The lowest BCUT2D eigenvalue weighted by molar-refractivity contribution is -0.759. The van der Waals surface area contributed by atoms with Gasteiger partial charge >= 0.3 is 0 Å². The van der Waals surface area contributed by atoms with Crippen molar-refractivity contribution in [1.29, 1.82) is 0 Å². The minimum atomic E-state index is -0.908. The van der Waals surface area contributed by atoms with Gasteiger partial charge in [0.1, 0.15) is 6.54 Å². The van der Waals surface area contributed by atoms with Gasteiger partial charge in [-0.05, 0) is 25.7 Å². The van der Waals surface area contributed by atoms with Crippen LogP contribution < -0.4 is 9.79 Å². The third-order valence-corrected chi connectivity index (χ3v) is 5.78. The van der Waals surface area contributed by atoms with Crippen LogP contribution in [-0.2, 0) is 11.3 Å². The molecule has 5 nitrogen and oxygen atoms in total. The number of aryl methyl sites for hydroxylation is 2. The highest BCUT2D eigenvalue weighted by atomic mass is 16.4. The first-order chi connectivity index (χ1) is 13.6. The molecular weight excluding hydrogens is 350 g/mol. The summed E-state index contributed by atoms with van der Waals surface area (Å²) in [6.07, 6.45) is 20.7. The summed E-state index contributed by atoms with van der Waals surface area (Å²) in [6, 6.07) is 0. The lowest BCUT2D eigenvalue weighted by atomic mass is 10.0. The summed E-state index contributed by atoms with van der Waals surface area (Å²) >= 11 is 0. The summed E-state index contributed by atoms with van der Waals surface area (Å²) in [5, 5.41) is 17.6. The van der Waals surface area contributed by atoms with Crippen molar-refractivity contribution in [3.05, 3.63) is 11.4 Å². The van der Waals surface area contributed by atoms with Crippen LogP contribution in [0.15, 0.2) is 0 Å². The molecule has 162 valence electrons. The minimum absolute atomic E-state index is 0.226. The molecule has 1 N–H and O–H groups in total. The second-order valence-electron chi connectivity index (χ2n) is 8.31. The highest BCUT2D eigenvalue weighted by Crippen LogP contribution is 2.14. The van der Waals surface area contributed by atoms with Crippen molar-refractivity contribution >= 4 is 5.97 Å². The van der Waals surface area contributed by atoms with E-state index >= 15 is 0 Å². The molecule has 1 heterocycles. The second-order valence-corrected chi connectivity index (χ2v) is 8.31. The van der Waals surface area contributed by atoms with Gasteiger partial charge in [-0.1, -0.05) is 88.7 Å². The highest BCUT2D eigenvalue weighted by Gasteiger charge is 2.11. The quantitative estimate of drug-likeness (QED) is 0.274. The zero-order chi connectivity index (χ0) is 20.5. The third kappa shape index (κ3) is 12.9. The molecule has 5 heteroatoms. The van der Waals surface area contributed by atoms with E-state index in [1.807, 2.05) is 6.92 Å². The molecule has 1 aromatic heterocycles. The number of nitrogens with zero attached hydrogens (tertiary/aromatic N) is 2. The number of aromatic nitrogens is 3. The fraction of sp³-hybridized carbons (Fsp3) is 0.870. The number of hydrogen-bond donors (Lipinski definition) is 1. The van der Waals surface area contributed by atoms with E-state index < -0.39 is 5.97 Å². The second kappa shape index (κ2) is 16.6. The van der Waals surface area contributed by atoms with Gasteiger partial charge in [-0.25, -0.2) is 0 Å². The van der Waals surface area contributed by atoms with Crippen LogP contribution in [-0.4, -0.2) is 16.3 Å². The summed E-state index contributed by atoms with van der Waals surface area (Å²) in [7, 11) is 0. The number of hydrogen-bond acceptors (Lipinski definition) is 3. The zero-order valence-corrected chi connectivity index (χ0v) is 18.4. The molecule has 0 saturated carbocycles. The molecule has 0 aliphatic rings. The largest absolute Gasteiger partial charge is 0.550 e. The molecule has 0 atom stereocenters. The molecule has 0 fully saturated rings. The van der Waals surface area contributed by atoms with Crippen molar-refractivity contribution in [2.75, 3.05) is 0 Å². The average Bonchev–Trinajstić information content (AvgIpc) is 2.99. The number of H-pyrrole nitrogens is 1. The molecule has 0 unspecified atom stereocenters. The smallest absolute Gasteiger partial charge is 0.218 e. The number of aromatic amines is 1. The SMILES string of the molecule is Cc1n[nH][n+](CCCCCCCCCCCCCCCCCCC(=O)[O-])c1C. The summed E-state index contributed by atoms with van der Waals surface area (Å²) in [5.74, 6) is -0.908. The van der Waals surface area contributed by atoms with Crippen LogP contribution >= 0.6 is 0 Å². The van der Waals surface area contributed by atoms with Crippen LogP contribution in [0.3, 0.4) is 0 Å². The van der Waals surface area contributed by atoms with Gasteiger partial charge in [0.25, 0.3) is 0 Å². The fourth-order valence-corrected chi connectivity index (χ4v) is 3.72. The van der Waals surface area contributed by atoms with Crippen molar-refractivity contribution in [2.24, 2.45) is 0 Å². The first-order valence-corrected chi connectivity index (χ1v) is 11.7. The van der Waals surface area contributed by atoms with Gasteiger partial charge in [0.15, 0.2) is 5.69 Å². The monoisotopic (exact) mass is 393 g/mol. The third-order valence-electron chi connectivity index (χ3n) is 5.78. The standard InChI is InChI=1S/C23H43N3O2/c1-21-22(2)26(25-24-21)20-18-16-14-12-10-8-6-4-3-5-7-9-11-13-15-17-19-23(27)28/h3-20H2,1-2H3,(H,27,28). The van der Waals surface area contributed by atoms with Crippen LogP contribution in [0, 0.1) is 13.8 Å². The van der Waals surface area contributed by atoms with E-state index in [1.165, 1.54) is 95.6 Å². The van der Waals surface area contributed by atoms with Crippen molar-refractivity contribution < 1.29 is 14.6 Å².